The fourth-order valence-electron chi connectivity index (χ4n) is 16.7. The van der Waals surface area contributed by atoms with Crippen molar-refractivity contribution >= 4 is 122 Å². The first-order valence-electron chi connectivity index (χ1n) is 51.9. The maximum Gasteiger partial charge on any atom is 0.245 e. The number of aliphatic hydroxyl groups excluding tert-OH is 1. The highest BCUT2D eigenvalue weighted by atomic mass is 16.3. The Morgan fingerprint density at radius 3 is 1.61 bits per heavy atom. The summed E-state index contributed by atoms with van der Waals surface area (Å²) in [6, 6.07) is 6.36. The highest BCUT2D eigenvalue weighted by Gasteiger charge is 2.42. The Labute approximate surface area is 869 Å². The summed E-state index contributed by atoms with van der Waals surface area (Å²) in [4.78, 5) is 267. The lowest BCUT2D eigenvalue weighted by atomic mass is 9.88. The van der Waals surface area contributed by atoms with E-state index < -0.39 is 216 Å². The summed E-state index contributed by atoms with van der Waals surface area (Å²) < 4.78 is 0. The average Bonchev–Trinajstić information content (AvgIpc) is 1.43. The van der Waals surface area contributed by atoms with Crippen LogP contribution < -0.4 is 102 Å². The van der Waals surface area contributed by atoms with Crippen molar-refractivity contribution in [3.05, 3.63) is 114 Å². The highest BCUT2D eigenvalue weighted by Crippen LogP contribution is 2.25. The number of primary amides is 2. The molecule has 0 spiro atoms. The maximum atomic E-state index is 15.2. The number of nitrogens with one attached hydrogen (secondary N) is 18. The third kappa shape index (κ3) is 46.1. The van der Waals surface area contributed by atoms with Crippen molar-refractivity contribution in [1.29, 1.82) is 0 Å². The van der Waals surface area contributed by atoms with Crippen LogP contribution in [0.3, 0.4) is 0 Å². The number of carbonyl (C=O) groups is 19. The third-order valence-corrected chi connectivity index (χ3v) is 26.7. The molecule has 1 aromatic heterocycles. The highest BCUT2D eigenvalue weighted by molar-refractivity contribution is 6.06. The van der Waals surface area contributed by atoms with Gasteiger partial charge in [-0.25, -0.2) is 0 Å². The Morgan fingerprint density at radius 2 is 1.03 bits per heavy atom. The van der Waals surface area contributed by atoms with Crippen LogP contribution in [0.1, 0.15) is 249 Å². The summed E-state index contributed by atoms with van der Waals surface area (Å²) in [5.74, 6) is -11.0. The number of Topliss-reactive ketones (excluding diaryl/α,β-unsaturated/α-hetero) is 10. The molecule has 3 aromatic carbocycles. The minimum Gasteiger partial charge on any atom is -0.508 e. The number of hydrogen-bond donors (Lipinski definition) is 22. The van der Waals surface area contributed by atoms with E-state index in [4.69, 9.17) is 11.5 Å². The van der Waals surface area contributed by atoms with Crippen molar-refractivity contribution in [3.8, 4) is 5.75 Å². The lowest BCUT2D eigenvalue weighted by Gasteiger charge is -2.33. The number of ketones is 10. The van der Waals surface area contributed by atoms with Gasteiger partial charge in [0.25, 0.3) is 0 Å². The number of hydrogen-bond acceptors (Lipinski definition) is 31. The number of aromatic amines is 1. The molecule has 9 amide bonds. The van der Waals surface area contributed by atoms with Crippen molar-refractivity contribution in [1.82, 2.24) is 95.4 Å². The zero-order valence-electron chi connectivity index (χ0n) is 89.1. The van der Waals surface area contributed by atoms with Gasteiger partial charge in [-0.15, -0.1) is 0 Å². The number of aromatic hydroxyl groups is 1. The van der Waals surface area contributed by atoms with E-state index >= 15 is 19.2 Å². The van der Waals surface area contributed by atoms with Gasteiger partial charge in [-0.3, -0.25) is 118 Å². The number of H-pyrrole nitrogens is 1. The number of rotatable bonds is 50. The van der Waals surface area contributed by atoms with E-state index in [1.54, 1.807) is 103 Å². The van der Waals surface area contributed by atoms with Gasteiger partial charge in [0.2, 0.25) is 53.2 Å². The van der Waals surface area contributed by atoms with Crippen molar-refractivity contribution in [2.45, 2.75) is 360 Å². The van der Waals surface area contributed by atoms with E-state index in [1.807, 2.05) is 58.0 Å². The molecule has 1 aliphatic rings. The van der Waals surface area contributed by atoms with Gasteiger partial charge in [0.15, 0.2) is 46.3 Å². The van der Waals surface area contributed by atoms with E-state index in [0.717, 1.165) is 5.39 Å². The van der Waals surface area contributed by atoms with Crippen LogP contribution in [0.5, 0.6) is 5.75 Å². The fraction of sp³-hybridized carbons (Fsp3) is 0.617. The number of aromatic nitrogens is 1. The minimum atomic E-state index is -1.71. The SMILES string of the molecule is CC(=O)N[C@@H](CC(C)C)C(=O)N[C@H](C(=O)N[C@@H](Cc1ccccc1)C(=O)N[C@]1(C)CCCCCC/C=C/CCC[C@@](C)(C(=O)CN[C@@H](C)C(=O)CCN[C@@H](C)C(=O)CCC(=O)[C@H](C)NCCC(=O)[C@H](C)NCCC(=O)[C@H](C)NCN[C@H](C)C(N)=O)NC(=O)[C@H](CC(C)C)NC(=O)[C@H](CCC(N)=O)NCN[C@@H](C)C(=O)CC(=O)[C@H](Cc2c[nH]c3ccccc23)NC(=O)[C@H](Cc2ccc(O)cc2)NCC(=O)[C@H](C)NCC1=O)[C@@H](C)O. The zero-order chi connectivity index (χ0) is 110. The first kappa shape index (κ1) is 127. The van der Waals surface area contributed by atoms with Crippen LogP contribution in [-0.4, -0.2) is 287 Å². The zero-order valence-corrected chi connectivity index (χ0v) is 89.1. The van der Waals surface area contributed by atoms with E-state index in [1.165, 1.54) is 46.8 Å². The van der Waals surface area contributed by atoms with E-state index in [2.05, 4.69) is 95.4 Å². The molecule has 41 heteroatoms. The molecule has 4 aromatic rings. The molecular weight excluding hydrogens is 1900 g/mol. The second-order valence-electron chi connectivity index (χ2n) is 40.5. The second kappa shape index (κ2) is 65.3. The lowest BCUT2D eigenvalue weighted by molar-refractivity contribution is -0.137. The molecule has 41 nitrogen and oxygen atoms in total. The van der Waals surface area contributed by atoms with Gasteiger partial charge in [-0.1, -0.05) is 120 Å². The van der Waals surface area contributed by atoms with Gasteiger partial charge in [0.1, 0.15) is 41.5 Å². The molecule has 0 aliphatic carbocycles. The largest absolute Gasteiger partial charge is 0.508 e. The van der Waals surface area contributed by atoms with Gasteiger partial charge < -0.3 is 90.5 Å². The molecule has 5 rings (SSSR count). The van der Waals surface area contributed by atoms with Crippen LogP contribution in [0.25, 0.3) is 10.9 Å². The van der Waals surface area contributed by atoms with Crippen LogP contribution >= 0.6 is 0 Å². The Bertz CT molecular complexity index is 5090. The summed E-state index contributed by atoms with van der Waals surface area (Å²) in [5.41, 5.74) is 9.99. The predicted molar refractivity (Wildman–Crippen MR) is 563 cm³/mol. The van der Waals surface area contributed by atoms with Gasteiger partial charge in [-0.2, -0.15) is 0 Å². The summed E-state index contributed by atoms with van der Waals surface area (Å²) in [5, 5.41) is 71.7. The Balaban J connectivity index is 1.41. The summed E-state index contributed by atoms with van der Waals surface area (Å²) in [6.45, 7) is 24.7. The summed E-state index contributed by atoms with van der Waals surface area (Å²) >= 11 is 0. The first-order chi connectivity index (χ1) is 69.9. The lowest BCUT2D eigenvalue weighted by Crippen LogP contribution is -2.63. The van der Waals surface area contributed by atoms with Crippen molar-refractivity contribution in [3.63, 3.8) is 0 Å². The normalized spacial score (nSPS) is 21.9. The summed E-state index contributed by atoms with van der Waals surface area (Å²) in [6.07, 6.45) is 6.36. The molecule has 24 N–H and O–H groups in total. The molecule has 1 aliphatic heterocycles. The molecule has 0 fully saturated rings. The Kier molecular flexibility index (Phi) is 55.9. The number of fused-ring (bicyclic) bond motifs is 1. The number of carbonyl (C=O) groups excluding carboxylic acids is 19. The number of phenols is 1. The standard InChI is InChI=1S/C107H166N20O21/c1-63(2)51-84(121-74(14)129)102(145)125-98(73(13)128)105(148)124-86(54-75-31-25-24-26-32-75)104(147)127-107(16)47-30-23-21-19-17-18-20-22-29-46-106(15,95(139)59-113-68(8)90(134)44-49-111-66(6)88(132)41-40-87(131)65(5)110-48-43-89(133)67(7)112-50-45-91(135)69(9)117-61-119-72(12)99(109)142)126-103(146)85(52-64(3)4)123-100(143)81(39-42-97(108)141)120-62-118-70(10)92(136)56-93(137)82(55-77-57-115-80-34-28-27-33-79(77)80)122-101(144)83(53-76-35-37-78(130)38-36-76)116-58-94(138)71(11)114-60-96(107)140/h18,20,24-28,31-38,57,63-73,81-86,98,110-120,128,130H,17,19,21-23,29-30,39-56,58-62H2,1-16H3,(H2,108,141)(H2,109,142)(H,121,129)(H,122,144)(H,123,143)(H,124,148)(H,125,145)(H,126,146)(H,127,147)/b20-18+/t65-,66-,67-,68-,69-,70-,71-,72+,73+,81-,82-,83-,84-,85-,86-,98-,106-,107+/m0/s1. The number of para-hydroxylation sites is 1. The van der Waals surface area contributed by atoms with Crippen LogP contribution in [0.15, 0.2) is 97.2 Å². The van der Waals surface area contributed by atoms with Gasteiger partial charge in [0, 0.05) is 108 Å². The van der Waals surface area contributed by atoms with E-state index in [0.29, 0.717) is 67.2 Å². The van der Waals surface area contributed by atoms with Crippen LogP contribution in [0.4, 0.5) is 0 Å². The topological polar surface area (TPSA) is 637 Å². The predicted octanol–water partition coefficient (Wildman–Crippen LogP) is 2.09. The molecule has 2 heterocycles. The Morgan fingerprint density at radius 1 is 0.486 bits per heavy atom. The monoisotopic (exact) mass is 2070 g/mol. The van der Waals surface area contributed by atoms with Crippen molar-refractivity contribution in [2.75, 3.05) is 52.6 Å². The van der Waals surface area contributed by atoms with Crippen LogP contribution in [0.2, 0.25) is 0 Å². The average molecular weight is 2070 g/mol. The quantitative estimate of drug-likeness (QED) is 0.0171. The number of aliphatic hydroxyl groups is 1. The first-order valence-corrected chi connectivity index (χ1v) is 51.9. The van der Waals surface area contributed by atoms with Gasteiger partial charge in [-0.05, 0) is 187 Å². The van der Waals surface area contributed by atoms with Crippen molar-refractivity contribution in [2.24, 2.45) is 23.3 Å². The minimum absolute atomic E-state index is 0.0389. The number of benzene rings is 3. The molecule has 18 atom stereocenters. The smallest absolute Gasteiger partial charge is 0.245 e. The Hall–Kier alpha value is -11.8. The number of phenolic OH excluding ortho intramolecular Hbond substituents is 1. The molecule has 0 saturated heterocycles. The van der Waals surface area contributed by atoms with Crippen LogP contribution in [-0.2, 0) is 110 Å². The second-order valence-corrected chi connectivity index (χ2v) is 40.5. The summed E-state index contributed by atoms with van der Waals surface area (Å²) in [7, 11) is 0. The number of nitrogens with two attached hydrogens (primary N) is 2. The fourth-order valence-corrected chi connectivity index (χ4v) is 16.7. The van der Waals surface area contributed by atoms with Gasteiger partial charge in [0.05, 0.1) is 110 Å². The molecule has 820 valence electrons. The maximum absolute atomic E-state index is 15.2. The number of allylic oxidation sites excluding steroid dienone is 2. The number of amides is 9. The van der Waals surface area contributed by atoms with E-state index in [-0.39, 0.29) is 169 Å². The molecule has 0 unspecified atom stereocenters. The van der Waals surface area contributed by atoms with Crippen molar-refractivity contribution < 1.29 is 101 Å². The molecule has 148 heavy (non-hydrogen) atoms. The molecule has 0 bridgehead atoms. The molecular formula is C107H166N20O21. The van der Waals surface area contributed by atoms with Gasteiger partial charge >= 0.3 is 0 Å². The molecule has 0 saturated carbocycles. The van der Waals surface area contributed by atoms with Crippen LogP contribution in [0, 0.1) is 11.8 Å². The third-order valence-electron chi connectivity index (χ3n) is 26.7. The van der Waals surface area contributed by atoms with E-state index in [9.17, 15) is 82.1 Å². The molecule has 0 radical (unpaired) electrons.